The van der Waals surface area contributed by atoms with E-state index in [-0.39, 0.29) is 10.8 Å². The summed E-state index contributed by atoms with van der Waals surface area (Å²) in [5.41, 5.74) is 1.62. The quantitative estimate of drug-likeness (QED) is 0.329. The van der Waals surface area contributed by atoms with Crippen LogP contribution in [0.3, 0.4) is 0 Å². The van der Waals surface area contributed by atoms with Crippen molar-refractivity contribution < 1.29 is 31.4 Å². The van der Waals surface area contributed by atoms with Crippen molar-refractivity contribution in [2.24, 2.45) is 10.8 Å². The molecule has 0 amide bonds. The summed E-state index contributed by atoms with van der Waals surface area (Å²) >= 11 is 4.44. The summed E-state index contributed by atoms with van der Waals surface area (Å²) in [4.78, 5) is 3.55. The van der Waals surface area contributed by atoms with E-state index in [9.17, 15) is 26.3 Å². The molecular weight excluding hydrogens is 350 g/mol. The van der Waals surface area contributed by atoms with Gasteiger partial charge in [-0.15, -0.1) is 0 Å². The molecule has 128 valence electrons. The Bertz CT molecular complexity index is 587. The van der Waals surface area contributed by atoms with Gasteiger partial charge in [-0.3, -0.25) is 10.4 Å². The lowest BCUT2D eigenvalue weighted by molar-refractivity contribution is -0.367. The maximum Gasteiger partial charge on any atom is 0.426 e. The van der Waals surface area contributed by atoms with Crippen LogP contribution < -0.4 is 11.2 Å². The van der Waals surface area contributed by atoms with E-state index in [2.05, 4.69) is 27.7 Å². The van der Waals surface area contributed by atoms with Crippen molar-refractivity contribution >= 4 is 23.5 Å². The highest BCUT2D eigenvalue weighted by Gasteiger charge is 2.70. The number of thiocarbonyl (C=S) groups is 1. The van der Waals surface area contributed by atoms with Gasteiger partial charge in [0.2, 0.25) is 0 Å². The monoisotopic (exact) mass is 360 g/mol. The van der Waals surface area contributed by atoms with E-state index in [0.29, 0.717) is 0 Å². The van der Waals surface area contributed by atoms with Crippen LogP contribution in [0.5, 0.6) is 0 Å². The maximum atomic E-state index is 12.6. The van der Waals surface area contributed by atoms with Crippen molar-refractivity contribution in [1.29, 1.82) is 0 Å². The van der Waals surface area contributed by atoms with Crippen molar-refractivity contribution in [3.05, 3.63) is 29.6 Å². The Morgan fingerprint density at radius 3 is 2.30 bits per heavy atom. The van der Waals surface area contributed by atoms with Crippen LogP contribution in [0, 0.1) is 0 Å². The number of nitrogens with two attached hydrogens (primary N) is 1. The van der Waals surface area contributed by atoms with E-state index in [1.165, 1.54) is 6.07 Å². The topological polar surface area (TPSA) is 83.5 Å². The van der Waals surface area contributed by atoms with Crippen LogP contribution in [0.25, 0.3) is 0 Å². The first-order chi connectivity index (χ1) is 10.4. The summed E-state index contributed by atoms with van der Waals surface area (Å²) in [6.07, 6.45) is -12.6. The zero-order chi connectivity index (χ0) is 17.9. The van der Waals surface area contributed by atoms with Crippen molar-refractivity contribution in [3.8, 4) is 0 Å². The van der Waals surface area contributed by atoms with Gasteiger partial charge in [0, 0.05) is 12.1 Å². The molecule has 0 bridgehead atoms. The van der Waals surface area contributed by atoms with Gasteiger partial charge >= 0.3 is 12.4 Å². The fourth-order valence-electron chi connectivity index (χ4n) is 1.45. The summed E-state index contributed by atoms with van der Waals surface area (Å²) < 4.78 is 75.7. The molecule has 23 heavy (non-hydrogen) atoms. The first kappa shape index (κ1) is 19.1. The van der Waals surface area contributed by atoms with E-state index in [0.717, 1.165) is 18.3 Å². The summed E-state index contributed by atoms with van der Waals surface area (Å²) in [6, 6.07) is 3.35. The molecule has 0 aliphatic rings. The molecule has 0 saturated carbocycles. The van der Waals surface area contributed by atoms with Crippen LogP contribution in [0.2, 0.25) is 0 Å². The molecule has 0 atom stereocenters. The van der Waals surface area contributed by atoms with E-state index in [4.69, 9.17) is 10.8 Å². The Morgan fingerprint density at radius 1 is 1.26 bits per heavy atom. The second-order valence-corrected chi connectivity index (χ2v) is 4.76. The third-order valence-electron chi connectivity index (χ3n) is 2.57. The minimum atomic E-state index is -5.91. The Labute approximate surface area is 131 Å². The average Bonchev–Trinajstić information content (AvgIpc) is 2.36. The zero-order valence-electron chi connectivity index (χ0n) is 11.1. The van der Waals surface area contributed by atoms with Gasteiger partial charge in [0.25, 0.3) is 5.60 Å². The lowest BCUT2D eigenvalue weighted by atomic mass is 9.95. The molecule has 5 nitrogen and oxygen atoms in total. The van der Waals surface area contributed by atoms with Gasteiger partial charge < -0.3 is 10.8 Å². The number of aliphatic hydroxyl groups is 1. The fraction of sp³-hybridized carbons (Fsp3) is 0.364. The molecular formula is C11H10F6N4OS. The summed E-state index contributed by atoms with van der Waals surface area (Å²) in [5.74, 6) is 0. The summed E-state index contributed by atoms with van der Waals surface area (Å²) in [7, 11) is 0. The van der Waals surface area contributed by atoms with Crippen molar-refractivity contribution in [3.63, 3.8) is 0 Å². The summed E-state index contributed by atoms with van der Waals surface area (Å²) in [5, 5.41) is 12.4. The Hall–Kier alpha value is -1.95. The normalized spacial score (nSPS) is 13.3. The van der Waals surface area contributed by atoms with Gasteiger partial charge in [0.1, 0.15) is 0 Å². The predicted molar refractivity (Wildman–Crippen MR) is 72.5 cm³/mol. The molecule has 0 aromatic carbocycles. The molecule has 1 aromatic rings. The minimum Gasteiger partial charge on any atom is -0.375 e. The standard InChI is InChI=1S/C11H10F6N4OS/c12-10(13,14)9(22,11(15,16)17)4-6-2-1-3-7(20-6)5-19-21-8(18)23/h1-3,5,22H,4H2,(H3,18,21,23). The lowest BCUT2D eigenvalue weighted by Crippen LogP contribution is -2.58. The zero-order valence-corrected chi connectivity index (χ0v) is 11.9. The molecule has 0 saturated heterocycles. The number of hydrogen-bond acceptors (Lipinski definition) is 4. The number of pyridine rings is 1. The van der Waals surface area contributed by atoms with Crippen molar-refractivity contribution in [2.45, 2.75) is 24.4 Å². The number of hydrazone groups is 1. The van der Waals surface area contributed by atoms with E-state index in [1.807, 2.05) is 0 Å². The van der Waals surface area contributed by atoms with Gasteiger partial charge in [0.05, 0.1) is 11.9 Å². The number of halogens is 6. The first-order valence-electron chi connectivity index (χ1n) is 5.77. The van der Waals surface area contributed by atoms with Crippen molar-refractivity contribution in [1.82, 2.24) is 10.4 Å². The van der Waals surface area contributed by atoms with Crippen LogP contribution in [-0.4, -0.2) is 39.4 Å². The molecule has 1 rings (SSSR count). The third kappa shape index (κ3) is 4.76. The highest BCUT2D eigenvalue weighted by atomic mass is 32.1. The highest BCUT2D eigenvalue weighted by Crippen LogP contribution is 2.44. The van der Waals surface area contributed by atoms with Crippen LogP contribution >= 0.6 is 12.2 Å². The van der Waals surface area contributed by atoms with Crippen LogP contribution in [0.15, 0.2) is 23.3 Å². The second-order valence-electron chi connectivity index (χ2n) is 4.32. The number of hydrogen-bond donors (Lipinski definition) is 3. The predicted octanol–water partition coefficient (Wildman–Crippen LogP) is 1.65. The molecule has 12 heteroatoms. The van der Waals surface area contributed by atoms with E-state index < -0.39 is 30.1 Å². The van der Waals surface area contributed by atoms with Crippen molar-refractivity contribution in [2.75, 3.05) is 0 Å². The Morgan fingerprint density at radius 2 is 1.83 bits per heavy atom. The van der Waals surface area contributed by atoms with Gasteiger partial charge in [-0.2, -0.15) is 31.4 Å². The van der Waals surface area contributed by atoms with Crippen LogP contribution in [0.1, 0.15) is 11.4 Å². The molecule has 0 aliphatic heterocycles. The SMILES string of the molecule is NC(=S)NN=Cc1cccc(CC(O)(C(F)(F)F)C(F)(F)F)n1. The number of aromatic nitrogens is 1. The average molecular weight is 360 g/mol. The Balaban J connectivity index is 3.07. The highest BCUT2D eigenvalue weighted by molar-refractivity contribution is 7.80. The molecule has 0 spiro atoms. The number of nitrogens with one attached hydrogen (secondary N) is 1. The maximum absolute atomic E-state index is 12.6. The molecule has 1 aromatic heterocycles. The number of rotatable bonds is 4. The van der Waals surface area contributed by atoms with Gasteiger partial charge in [-0.1, -0.05) is 6.07 Å². The smallest absolute Gasteiger partial charge is 0.375 e. The molecule has 0 fully saturated rings. The molecule has 4 N–H and O–H groups in total. The summed E-state index contributed by atoms with van der Waals surface area (Å²) in [6.45, 7) is 0. The lowest BCUT2D eigenvalue weighted by Gasteiger charge is -2.32. The Kier molecular flexibility index (Phi) is 5.53. The fourth-order valence-corrected chi connectivity index (χ4v) is 1.51. The number of nitrogens with zero attached hydrogens (tertiary/aromatic N) is 2. The largest absolute Gasteiger partial charge is 0.426 e. The van der Waals surface area contributed by atoms with Gasteiger partial charge in [-0.25, -0.2) is 0 Å². The second kappa shape index (κ2) is 6.66. The van der Waals surface area contributed by atoms with E-state index in [1.54, 1.807) is 0 Å². The molecule has 1 heterocycles. The third-order valence-corrected chi connectivity index (χ3v) is 2.67. The first-order valence-corrected chi connectivity index (χ1v) is 6.18. The van der Waals surface area contributed by atoms with E-state index >= 15 is 0 Å². The van der Waals surface area contributed by atoms with Gasteiger partial charge in [-0.05, 0) is 24.4 Å². The van der Waals surface area contributed by atoms with Crippen LogP contribution in [-0.2, 0) is 6.42 Å². The minimum absolute atomic E-state index is 0.0575. The molecule has 0 unspecified atom stereocenters. The molecule has 0 radical (unpaired) electrons. The van der Waals surface area contributed by atoms with Gasteiger partial charge in [0.15, 0.2) is 5.11 Å². The number of alkyl halides is 6. The van der Waals surface area contributed by atoms with Crippen LogP contribution in [0.4, 0.5) is 26.3 Å². The molecule has 0 aliphatic carbocycles.